The molecule has 1 aromatic heterocycles. The number of ether oxygens (including phenoxy) is 1. The molecule has 0 aliphatic rings. The first-order chi connectivity index (χ1) is 9.17. The van der Waals surface area contributed by atoms with Crippen LogP contribution in [0.1, 0.15) is 25.2 Å². The van der Waals surface area contributed by atoms with Gasteiger partial charge in [-0.25, -0.2) is 4.68 Å². The number of aromatic nitrogens is 3. The van der Waals surface area contributed by atoms with Crippen molar-refractivity contribution in [2.45, 2.75) is 26.9 Å². The Kier molecular flexibility index (Phi) is 4.16. The quantitative estimate of drug-likeness (QED) is 0.894. The summed E-state index contributed by atoms with van der Waals surface area (Å²) in [6.07, 6.45) is 0.806. The first-order valence-corrected chi connectivity index (χ1v) is 6.35. The molecule has 0 aliphatic carbocycles. The Morgan fingerprint density at radius 1 is 1.32 bits per heavy atom. The van der Waals surface area contributed by atoms with E-state index in [1.807, 2.05) is 24.3 Å². The lowest BCUT2D eigenvalue weighted by atomic mass is 10.1. The van der Waals surface area contributed by atoms with E-state index in [1.54, 1.807) is 11.8 Å². The van der Waals surface area contributed by atoms with Crippen LogP contribution in [0.25, 0.3) is 5.69 Å². The SMILES string of the molecule is COc1ccccc1-n1nnc(CO)c1CC(C)C. The maximum absolute atomic E-state index is 9.37. The number of aliphatic hydroxyl groups excluding tert-OH is 1. The fraction of sp³-hybridized carbons (Fsp3) is 0.429. The van der Waals surface area contributed by atoms with Crippen molar-refractivity contribution in [2.75, 3.05) is 7.11 Å². The number of hydrogen-bond donors (Lipinski definition) is 1. The van der Waals surface area contributed by atoms with E-state index < -0.39 is 0 Å². The van der Waals surface area contributed by atoms with Gasteiger partial charge in [0.1, 0.15) is 17.1 Å². The van der Waals surface area contributed by atoms with E-state index >= 15 is 0 Å². The molecule has 0 fully saturated rings. The number of aliphatic hydroxyl groups is 1. The van der Waals surface area contributed by atoms with Gasteiger partial charge < -0.3 is 9.84 Å². The van der Waals surface area contributed by atoms with Crippen molar-refractivity contribution >= 4 is 0 Å². The average molecular weight is 261 g/mol. The van der Waals surface area contributed by atoms with E-state index in [9.17, 15) is 5.11 Å². The fourth-order valence-corrected chi connectivity index (χ4v) is 2.04. The van der Waals surface area contributed by atoms with E-state index in [0.29, 0.717) is 11.6 Å². The summed E-state index contributed by atoms with van der Waals surface area (Å²) in [7, 11) is 1.63. The van der Waals surface area contributed by atoms with Crippen LogP contribution in [0.2, 0.25) is 0 Å². The van der Waals surface area contributed by atoms with Crippen molar-refractivity contribution in [1.29, 1.82) is 0 Å². The summed E-state index contributed by atoms with van der Waals surface area (Å²) in [5, 5.41) is 17.6. The lowest BCUT2D eigenvalue weighted by Crippen LogP contribution is -2.08. The van der Waals surface area contributed by atoms with Crippen LogP contribution in [-0.4, -0.2) is 27.2 Å². The topological polar surface area (TPSA) is 60.2 Å². The van der Waals surface area contributed by atoms with Crippen LogP contribution >= 0.6 is 0 Å². The number of methoxy groups -OCH3 is 1. The molecule has 0 spiro atoms. The van der Waals surface area contributed by atoms with E-state index in [4.69, 9.17) is 4.74 Å². The molecule has 5 nitrogen and oxygen atoms in total. The molecule has 0 unspecified atom stereocenters. The molecule has 0 atom stereocenters. The second kappa shape index (κ2) is 5.84. The van der Waals surface area contributed by atoms with Gasteiger partial charge in [0.15, 0.2) is 0 Å². The molecule has 0 saturated carbocycles. The Labute approximate surface area is 112 Å². The van der Waals surface area contributed by atoms with E-state index in [1.165, 1.54) is 0 Å². The molecule has 0 radical (unpaired) electrons. The van der Waals surface area contributed by atoms with E-state index in [0.717, 1.165) is 23.6 Å². The highest BCUT2D eigenvalue weighted by Gasteiger charge is 2.17. The average Bonchev–Trinajstić information content (AvgIpc) is 2.80. The first-order valence-electron chi connectivity index (χ1n) is 6.35. The number of benzene rings is 1. The van der Waals surface area contributed by atoms with Gasteiger partial charge in [-0.15, -0.1) is 5.10 Å². The summed E-state index contributed by atoms with van der Waals surface area (Å²) < 4.78 is 7.11. The van der Waals surface area contributed by atoms with Crippen molar-refractivity contribution in [2.24, 2.45) is 5.92 Å². The first kappa shape index (κ1) is 13.5. The molecule has 1 N–H and O–H groups in total. The monoisotopic (exact) mass is 261 g/mol. The maximum Gasteiger partial charge on any atom is 0.144 e. The third-order valence-corrected chi connectivity index (χ3v) is 2.91. The predicted octanol–water partition coefficient (Wildman–Crippen LogP) is 1.97. The van der Waals surface area contributed by atoms with Gasteiger partial charge in [0.05, 0.1) is 19.4 Å². The van der Waals surface area contributed by atoms with Gasteiger partial charge in [-0.1, -0.05) is 31.2 Å². The van der Waals surface area contributed by atoms with Crippen molar-refractivity contribution in [3.8, 4) is 11.4 Å². The van der Waals surface area contributed by atoms with Gasteiger partial charge in [-0.05, 0) is 24.5 Å². The summed E-state index contributed by atoms with van der Waals surface area (Å²) in [5.41, 5.74) is 2.40. The molecule has 0 bridgehead atoms. The van der Waals surface area contributed by atoms with Crippen LogP contribution in [-0.2, 0) is 13.0 Å². The Morgan fingerprint density at radius 3 is 2.68 bits per heavy atom. The minimum Gasteiger partial charge on any atom is -0.494 e. The Hall–Kier alpha value is -1.88. The molecule has 0 aliphatic heterocycles. The van der Waals surface area contributed by atoms with Gasteiger partial charge in [0, 0.05) is 0 Å². The highest BCUT2D eigenvalue weighted by atomic mass is 16.5. The van der Waals surface area contributed by atoms with Crippen LogP contribution < -0.4 is 4.74 Å². The summed E-state index contributed by atoms with van der Waals surface area (Å²) in [6, 6.07) is 7.65. The molecular weight excluding hydrogens is 242 g/mol. The van der Waals surface area contributed by atoms with Crippen LogP contribution in [0.4, 0.5) is 0 Å². The molecule has 0 amide bonds. The Bertz CT molecular complexity index is 549. The maximum atomic E-state index is 9.37. The van der Waals surface area contributed by atoms with Crippen molar-refractivity contribution in [3.05, 3.63) is 35.7 Å². The normalized spacial score (nSPS) is 11.0. The molecule has 1 heterocycles. The summed E-state index contributed by atoms with van der Waals surface area (Å²) in [5.74, 6) is 1.19. The standard InChI is InChI=1S/C14H19N3O2/c1-10(2)8-13-11(9-18)15-16-17(13)12-6-4-5-7-14(12)19-3/h4-7,10,18H,8-9H2,1-3H3. The van der Waals surface area contributed by atoms with Gasteiger partial charge in [-0.3, -0.25) is 0 Å². The highest BCUT2D eigenvalue weighted by Crippen LogP contribution is 2.24. The van der Waals surface area contributed by atoms with Gasteiger partial charge >= 0.3 is 0 Å². The van der Waals surface area contributed by atoms with Crippen molar-refractivity contribution < 1.29 is 9.84 Å². The number of hydrogen-bond acceptors (Lipinski definition) is 4. The predicted molar refractivity (Wildman–Crippen MR) is 72.4 cm³/mol. The zero-order valence-corrected chi connectivity index (χ0v) is 11.5. The zero-order chi connectivity index (χ0) is 13.8. The van der Waals surface area contributed by atoms with Crippen LogP contribution in [0.5, 0.6) is 5.75 Å². The minimum absolute atomic E-state index is 0.1000. The second-order valence-electron chi connectivity index (χ2n) is 4.82. The third kappa shape index (κ3) is 2.76. The summed E-state index contributed by atoms with van der Waals surface area (Å²) in [6.45, 7) is 4.15. The number of nitrogens with zero attached hydrogens (tertiary/aromatic N) is 3. The van der Waals surface area contributed by atoms with Crippen molar-refractivity contribution in [1.82, 2.24) is 15.0 Å². The third-order valence-electron chi connectivity index (χ3n) is 2.91. The summed E-state index contributed by atoms with van der Waals surface area (Å²) >= 11 is 0. The zero-order valence-electron chi connectivity index (χ0n) is 11.5. The smallest absolute Gasteiger partial charge is 0.144 e. The summed E-state index contributed by atoms with van der Waals surface area (Å²) in [4.78, 5) is 0. The highest BCUT2D eigenvalue weighted by molar-refractivity contribution is 5.47. The molecule has 102 valence electrons. The number of para-hydroxylation sites is 2. The Morgan fingerprint density at radius 2 is 2.05 bits per heavy atom. The van der Waals surface area contributed by atoms with Crippen molar-refractivity contribution in [3.63, 3.8) is 0 Å². The van der Waals surface area contributed by atoms with Crippen LogP contribution in [0.3, 0.4) is 0 Å². The molecule has 19 heavy (non-hydrogen) atoms. The van der Waals surface area contributed by atoms with Gasteiger partial charge in [0.2, 0.25) is 0 Å². The second-order valence-corrected chi connectivity index (χ2v) is 4.82. The molecular formula is C14H19N3O2. The molecule has 0 saturated heterocycles. The largest absolute Gasteiger partial charge is 0.494 e. The van der Waals surface area contributed by atoms with E-state index in [-0.39, 0.29) is 6.61 Å². The Balaban J connectivity index is 2.52. The van der Waals surface area contributed by atoms with Crippen LogP contribution in [0, 0.1) is 5.92 Å². The molecule has 2 rings (SSSR count). The van der Waals surface area contributed by atoms with E-state index in [2.05, 4.69) is 24.2 Å². The van der Waals surface area contributed by atoms with Gasteiger partial charge in [0.25, 0.3) is 0 Å². The molecule has 2 aromatic rings. The lowest BCUT2D eigenvalue weighted by molar-refractivity contribution is 0.275. The number of rotatable bonds is 5. The van der Waals surface area contributed by atoms with Crippen LogP contribution in [0.15, 0.2) is 24.3 Å². The lowest BCUT2D eigenvalue weighted by Gasteiger charge is -2.12. The molecule has 5 heteroatoms. The molecule has 1 aromatic carbocycles. The fourth-order valence-electron chi connectivity index (χ4n) is 2.04. The van der Waals surface area contributed by atoms with Gasteiger partial charge in [-0.2, -0.15) is 0 Å². The minimum atomic E-state index is -0.1000.